The Kier molecular flexibility index (Phi) is 8.57. The molecule has 154 valence electrons. The van der Waals surface area contributed by atoms with Gasteiger partial charge in [0.15, 0.2) is 5.76 Å². The molecule has 1 aliphatic rings. The summed E-state index contributed by atoms with van der Waals surface area (Å²) in [5.74, 6) is -1.72. The predicted octanol–water partition coefficient (Wildman–Crippen LogP) is 3.71. The van der Waals surface area contributed by atoms with E-state index < -0.39 is 29.9 Å². The molecule has 0 amide bonds. The van der Waals surface area contributed by atoms with Crippen molar-refractivity contribution in [3.63, 3.8) is 0 Å². The number of rotatable bonds is 6. The van der Waals surface area contributed by atoms with E-state index in [1.54, 1.807) is 33.8 Å². The smallest absolute Gasteiger partial charge is 0.333 e. The zero-order valence-corrected chi connectivity index (χ0v) is 17.7. The first-order chi connectivity index (χ1) is 13.0. The van der Waals surface area contributed by atoms with Crippen LogP contribution in [-0.4, -0.2) is 35.0 Å². The van der Waals surface area contributed by atoms with Crippen LogP contribution in [0, 0.1) is 0 Å². The molecular weight excluding hydrogens is 360 g/mol. The first-order valence-corrected chi connectivity index (χ1v) is 9.28. The molecule has 6 heteroatoms. The molecule has 1 unspecified atom stereocenters. The number of ether oxygens (including phenoxy) is 2. The van der Waals surface area contributed by atoms with Crippen LogP contribution < -0.4 is 0 Å². The number of aliphatic hydroxyl groups excluding tert-OH is 1. The summed E-state index contributed by atoms with van der Waals surface area (Å²) in [6, 6.07) is 0. The molecule has 0 radical (unpaired) electrons. The average Bonchev–Trinajstić information content (AvgIpc) is 2.63. The van der Waals surface area contributed by atoms with Gasteiger partial charge in [-0.3, -0.25) is 9.59 Å². The fraction of sp³-hybridized carbons (Fsp3) is 0.500. The van der Waals surface area contributed by atoms with Gasteiger partial charge in [-0.2, -0.15) is 0 Å². The molecular formula is C22H30O6. The zero-order chi connectivity index (χ0) is 21.6. The number of hydrogen-bond donors (Lipinski definition) is 1. The number of ketones is 1. The largest absolute Gasteiger partial charge is 0.454 e. The van der Waals surface area contributed by atoms with Crippen LogP contribution in [0.1, 0.15) is 61.3 Å². The number of Topliss-reactive ketones (excluding diaryl/α,β-unsaturated/α-hetero) is 1. The van der Waals surface area contributed by atoms with E-state index in [4.69, 9.17) is 9.47 Å². The lowest BCUT2D eigenvalue weighted by Gasteiger charge is -2.27. The van der Waals surface area contributed by atoms with Gasteiger partial charge in [0.25, 0.3) is 0 Å². The molecule has 6 nitrogen and oxygen atoms in total. The molecule has 28 heavy (non-hydrogen) atoms. The van der Waals surface area contributed by atoms with Crippen molar-refractivity contribution in [1.82, 2.24) is 0 Å². The normalized spacial score (nSPS) is 20.5. The minimum atomic E-state index is -0.950. The summed E-state index contributed by atoms with van der Waals surface area (Å²) in [4.78, 5) is 36.5. The molecule has 0 saturated carbocycles. The van der Waals surface area contributed by atoms with Crippen LogP contribution in [0.15, 0.2) is 45.8 Å². The van der Waals surface area contributed by atoms with Crippen LogP contribution in [0.25, 0.3) is 0 Å². The third-order valence-corrected chi connectivity index (χ3v) is 4.69. The second kappa shape index (κ2) is 10.2. The van der Waals surface area contributed by atoms with Gasteiger partial charge < -0.3 is 14.6 Å². The molecule has 2 atom stereocenters. The summed E-state index contributed by atoms with van der Waals surface area (Å²) in [6.07, 6.45) is 2.44. The molecule has 0 saturated heterocycles. The van der Waals surface area contributed by atoms with Crippen molar-refractivity contribution in [2.75, 3.05) is 0 Å². The van der Waals surface area contributed by atoms with Crippen molar-refractivity contribution in [1.29, 1.82) is 0 Å². The molecule has 0 heterocycles. The van der Waals surface area contributed by atoms with E-state index in [2.05, 4.69) is 0 Å². The fourth-order valence-corrected chi connectivity index (χ4v) is 2.71. The minimum absolute atomic E-state index is 0.0761. The van der Waals surface area contributed by atoms with E-state index in [1.165, 1.54) is 6.92 Å². The highest BCUT2D eigenvalue weighted by molar-refractivity contribution is 6.10. The lowest BCUT2D eigenvalue weighted by molar-refractivity contribution is -0.142. The van der Waals surface area contributed by atoms with Gasteiger partial charge in [0.05, 0.1) is 6.10 Å². The lowest BCUT2D eigenvalue weighted by Crippen LogP contribution is -2.30. The van der Waals surface area contributed by atoms with Crippen molar-refractivity contribution in [2.24, 2.45) is 0 Å². The summed E-state index contributed by atoms with van der Waals surface area (Å²) in [7, 11) is 0. The second-order valence-corrected chi connectivity index (χ2v) is 7.20. The molecule has 0 spiro atoms. The van der Waals surface area contributed by atoms with E-state index in [0.717, 1.165) is 5.57 Å². The topological polar surface area (TPSA) is 89.9 Å². The van der Waals surface area contributed by atoms with Gasteiger partial charge in [0.2, 0.25) is 5.78 Å². The Morgan fingerprint density at radius 1 is 1.21 bits per heavy atom. The van der Waals surface area contributed by atoms with E-state index in [0.29, 0.717) is 28.7 Å². The molecule has 0 aromatic heterocycles. The number of hydrogen-bond acceptors (Lipinski definition) is 6. The molecule has 0 bridgehead atoms. The van der Waals surface area contributed by atoms with Crippen LogP contribution in [0.3, 0.4) is 0 Å². The molecule has 1 aliphatic carbocycles. The van der Waals surface area contributed by atoms with Crippen LogP contribution in [-0.2, 0) is 23.9 Å². The number of carbonyl (C=O) groups excluding carboxylic acids is 3. The Labute approximate surface area is 166 Å². The molecule has 1 N–H and O–H groups in total. The van der Waals surface area contributed by atoms with Gasteiger partial charge in [-0.1, -0.05) is 17.7 Å². The Bertz CT molecular complexity index is 775. The van der Waals surface area contributed by atoms with Crippen LogP contribution >= 0.6 is 0 Å². The molecule has 0 aliphatic heterocycles. The van der Waals surface area contributed by atoms with E-state index >= 15 is 0 Å². The fourth-order valence-electron chi connectivity index (χ4n) is 2.71. The van der Waals surface area contributed by atoms with E-state index in [1.807, 2.05) is 19.9 Å². The van der Waals surface area contributed by atoms with Gasteiger partial charge in [-0.05, 0) is 47.1 Å². The minimum Gasteiger partial charge on any atom is -0.454 e. The average molecular weight is 390 g/mol. The van der Waals surface area contributed by atoms with Crippen molar-refractivity contribution < 1.29 is 29.0 Å². The van der Waals surface area contributed by atoms with Crippen molar-refractivity contribution in [2.45, 2.75) is 73.5 Å². The number of allylic oxidation sites excluding steroid dienone is 3. The SMILES string of the molecule is C/C=C(/C)C(=O)OC(CC=C(C)C)/C(C)=C1\C[C@@H](O)C(C)=C(OC(C)=O)C1=O. The van der Waals surface area contributed by atoms with Gasteiger partial charge in [-0.15, -0.1) is 0 Å². The maximum atomic E-state index is 12.9. The summed E-state index contributed by atoms with van der Waals surface area (Å²) < 4.78 is 10.7. The summed E-state index contributed by atoms with van der Waals surface area (Å²) in [6.45, 7) is 11.7. The third kappa shape index (κ3) is 6.02. The maximum absolute atomic E-state index is 12.9. The molecule has 0 aromatic rings. The van der Waals surface area contributed by atoms with Gasteiger partial charge in [-0.25, -0.2) is 4.79 Å². The van der Waals surface area contributed by atoms with Crippen LogP contribution in [0.2, 0.25) is 0 Å². The van der Waals surface area contributed by atoms with Gasteiger partial charge in [0, 0.05) is 36.5 Å². The van der Waals surface area contributed by atoms with Gasteiger partial charge in [0.1, 0.15) is 6.10 Å². The lowest BCUT2D eigenvalue weighted by atomic mass is 9.85. The first kappa shape index (κ1) is 23.6. The van der Waals surface area contributed by atoms with E-state index in [9.17, 15) is 19.5 Å². The molecule has 0 fully saturated rings. The standard InChI is InChI=1S/C22H30O6/c1-8-13(4)22(26)28-19(10-9-12(2)3)14(5)17-11-18(24)15(6)21(20(17)25)27-16(7)23/h8-9,18-19,24H,10-11H2,1-7H3/b13-8-,17-14+/t18-,19?/m1/s1. The maximum Gasteiger partial charge on any atom is 0.333 e. The Balaban J connectivity index is 3.37. The summed E-state index contributed by atoms with van der Waals surface area (Å²) in [5, 5.41) is 10.3. The van der Waals surface area contributed by atoms with Gasteiger partial charge >= 0.3 is 11.9 Å². The van der Waals surface area contributed by atoms with Crippen molar-refractivity contribution >= 4 is 17.7 Å². The highest BCUT2D eigenvalue weighted by Crippen LogP contribution is 2.31. The van der Waals surface area contributed by atoms with Crippen molar-refractivity contribution in [3.8, 4) is 0 Å². The number of carbonyl (C=O) groups is 3. The zero-order valence-electron chi connectivity index (χ0n) is 17.7. The Hall–Kier alpha value is -2.47. The Morgan fingerprint density at radius 2 is 1.82 bits per heavy atom. The van der Waals surface area contributed by atoms with Crippen LogP contribution in [0.4, 0.5) is 0 Å². The number of aliphatic hydroxyl groups is 1. The predicted molar refractivity (Wildman–Crippen MR) is 106 cm³/mol. The van der Waals surface area contributed by atoms with Crippen molar-refractivity contribution in [3.05, 3.63) is 45.8 Å². The highest BCUT2D eigenvalue weighted by Gasteiger charge is 2.34. The third-order valence-electron chi connectivity index (χ3n) is 4.69. The monoisotopic (exact) mass is 390 g/mol. The van der Waals surface area contributed by atoms with E-state index in [-0.39, 0.29) is 12.2 Å². The number of esters is 2. The summed E-state index contributed by atoms with van der Waals surface area (Å²) >= 11 is 0. The second-order valence-electron chi connectivity index (χ2n) is 7.20. The molecule has 0 aromatic carbocycles. The highest BCUT2D eigenvalue weighted by atomic mass is 16.5. The van der Waals surface area contributed by atoms with Crippen LogP contribution in [0.5, 0.6) is 0 Å². The summed E-state index contributed by atoms with van der Waals surface area (Å²) in [5.41, 5.74) is 2.67. The molecule has 1 rings (SSSR count). The Morgan fingerprint density at radius 3 is 2.32 bits per heavy atom. The quantitative estimate of drug-likeness (QED) is 0.422. The first-order valence-electron chi connectivity index (χ1n) is 9.28.